The van der Waals surface area contributed by atoms with Crippen molar-refractivity contribution in [1.82, 2.24) is 0 Å². The molecule has 0 atom stereocenters. The normalized spacial score (nSPS) is 10.2. The molecule has 1 aromatic rings. The maximum atomic E-state index is 11.4. The van der Waals surface area contributed by atoms with Gasteiger partial charge in [0.1, 0.15) is 0 Å². The van der Waals surface area contributed by atoms with Gasteiger partial charge in [0.05, 0.1) is 18.0 Å². The highest BCUT2D eigenvalue weighted by Gasteiger charge is 2.16. The van der Waals surface area contributed by atoms with Gasteiger partial charge in [-0.2, -0.15) is 0 Å². The van der Waals surface area contributed by atoms with Crippen LogP contribution in [-0.2, 0) is 21.3 Å². The van der Waals surface area contributed by atoms with Crippen molar-refractivity contribution in [1.29, 1.82) is 0 Å². The van der Waals surface area contributed by atoms with E-state index in [9.17, 15) is 14.9 Å². The van der Waals surface area contributed by atoms with Crippen LogP contribution in [0.4, 0.5) is 5.69 Å². The molecule has 0 heterocycles. The lowest BCUT2D eigenvalue weighted by atomic mass is 10.0. The molecule has 0 bridgehead atoms. The summed E-state index contributed by atoms with van der Waals surface area (Å²) in [5, 5.41) is 11.3. The minimum absolute atomic E-state index is 0.0667. The van der Waals surface area contributed by atoms with Crippen LogP contribution < -0.4 is 0 Å². The van der Waals surface area contributed by atoms with Crippen molar-refractivity contribution >= 4 is 27.6 Å². The summed E-state index contributed by atoms with van der Waals surface area (Å²) in [7, 11) is 0. The van der Waals surface area contributed by atoms with Crippen LogP contribution in [0.15, 0.2) is 12.1 Å². The van der Waals surface area contributed by atoms with E-state index in [1.54, 1.807) is 19.9 Å². The molecular weight excluding hydrogens is 302 g/mol. The van der Waals surface area contributed by atoms with E-state index in [-0.39, 0.29) is 18.1 Å². The van der Waals surface area contributed by atoms with Crippen LogP contribution in [0.25, 0.3) is 0 Å². The first-order valence-corrected chi connectivity index (χ1v) is 6.60. The fourth-order valence-electron chi connectivity index (χ4n) is 1.65. The second kappa shape index (κ2) is 6.49. The molecule has 1 rings (SSSR count). The summed E-state index contributed by atoms with van der Waals surface area (Å²) in [5.41, 5.74) is 2.11. The van der Waals surface area contributed by atoms with E-state index in [1.165, 1.54) is 6.07 Å². The summed E-state index contributed by atoms with van der Waals surface area (Å²) in [6.45, 7) is 3.73. The van der Waals surface area contributed by atoms with Gasteiger partial charge in [-0.25, -0.2) is 0 Å². The Hall–Kier alpha value is -1.43. The highest BCUT2D eigenvalue weighted by Crippen LogP contribution is 2.25. The first-order valence-electron chi connectivity index (χ1n) is 5.48. The lowest BCUT2D eigenvalue weighted by Gasteiger charge is -2.09. The molecule has 0 fully saturated rings. The molecule has 0 aliphatic carbocycles. The van der Waals surface area contributed by atoms with Crippen molar-refractivity contribution in [2.24, 2.45) is 0 Å². The summed E-state index contributed by atoms with van der Waals surface area (Å²) in [6.07, 6.45) is 0.133. The van der Waals surface area contributed by atoms with E-state index < -0.39 is 4.92 Å². The second-order valence-electron chi connectivity index (χ2n) is 3.78. The Morgan fingerprint density at radius 3 is 2.61 bits per heavy atom. The van der Waals surface area contributed by atoms with Gasteiger partial charge >= 0.3 is 5.97 Å². The fraction of sp³-hybridized carbons (Fsp3) is 0.417. The zero-order valence-electron chi connectivity index (χ0n) is 10.2. The molecule has 0 amide bonds. The third-order valence-electron chi connectivity index (χ3n) is 2.50. The van der Waals surface area contributed by atoms with E-state index in [2.05, 4.69) is 15.9 Å². The van der Waals surface area contributed by atoms with Crippen LogP contribution in [0.1, 0.15) is 23.6 Å². The number of aryl methyl sites for hydroxylation is 1. The van der Waals surface area contributed by atoms with Crippen LogP contribution in [0, 0.1) is 17.0 Å². The molecule has 0 unspecified atom stereocenters. The van der Waals surface area contributed by atoms with Crippen LogP contribution >= 0.6 is 15.9 Å². The monoisotopic (exact) mass is 315 g/mol. The van der Waals surface area contributed by atoms with Gasteiger partial charge in [-0.3, -0.25) is 14.9 Å². The summed E-state index contributed by atoms with van der Waals surface area (Å²) in [6, 6.07) is 3.17. The molecule has 98 valence electrons. The Kier molecular flexibility index (Phi) is 5.27. The Morgan fingerprint density at radius 2 is 2.11 bits per heavy atom. The van der Waals surface area contributed by atoms with Crippen LogP contribution in [0.2, 0.25) is 0 Å². The summed E-state index contributed by atoms with van der Waals surface area (Å²) >= 11 is 3.27. The molecule has 1 aromatic carbocycles. The first kappa shape index (κ1) is 14.6. The Bertz CT molecular complexity index is 473. The number of carbonyl (C=O) groups is 1. The van der Waals surface area contributed by atoms with E-state index in [0.717, 1.165) is 11.1 Å². The lowest BCUT2D eigenvalue weighted by molar-refractivity contribution is -0.385. The van der Waals surface area contributed by atoms with Gasteiger partial charge in [0, 0.05) is 17.0 Å². The zero-order valence-corrected chi connectivity index (χ0v) is 11.8. The summed E-state index contributed by atoms with van der Waals surface area (Å²) in [4.78, 5) is 21.8. The lowest BCUT2D eigenvalue weighted by Crippen LogP contribution is -2.09. The van der Waals surface area contributed by atoms with Crippen molar-refractivity contribution < 1.29 is 14.5 Å². The third-order valence-corrected chi connectivity index (χ3v) is 3.10. The van der Waals surface area contributed by atoms with E-state index in [4.69, 9.17) is 4.74 Å². The van der Waals surface area contributed by atoms with Crippen LogP contribution in [-0.4, -0.2) is 17.5 Å². The van der Waals surface area contributed by atoms with Crippen LogP contribution in [0.3, 0.4) is 0 Å². The van der Waals surface area contributed by atoms with E-state index in [0.29, 0.717) is 17.5 Å². The predicted octanol–water partition coefficient (Wildman–Crippen LogP) is 2.90. The average Bonchev–Trinajstić information content (AvgIpc) is 2.29. The molecule has 0 spiro atoms. The molecule has 0 saturated heterocycles. The maximum absolute atomic E-state index is 11.4. The molecule has 0 aliphatic rings. The highest BCUT2D eigenvalue weighted by atomic mass is 79.9. The van der Waals surface area contributed by atoms with Gasteiger partial charge in [-0.05, 0) is 31.0 Å². The molecule has 0 saturated carbocycles. The topological polar surface area (TPSA) is 69.4 Å². The number of alkyl halides is 1. The number of nitrogens with zero attached hydrogens (tertiary/aromatic N) is 1. The summed E-state index contributed by atoms with van der Waals surface area (Å²) in [5.74, 6) is -0.326. The number of carbonyl (C=O) groups excluding carboxylic acids is 1. The SMILES string of the molecule is CCOC(=O)Cc1cc(C)c([N+](=O)[O-])cc1CBr. The number of nitro benzene ring substituents is 1. The predicted molar refractivity (Wildman–Crippen MR) is 70.8 cm³/mol. The van der Waals surface area contributed by atoms with Crippen molar-refractivity contribution in [3.63, 3.8) is 0 Å². The summed E-state index contributed by atoms with van der Waals surface area (Å²) < 4.78 is 4.87. The molecule has 0 radical (unpaired) electrons. The van der Waals surface area contributed by atoms with Gasteiger partial charge in [0.15, 0.2) is 0 Å². The van der Waals surface area contributed by atoms with E-state index >= 15 is 0 Å². The number of nitro groups is 1. The Labute approximate surface area is 113 Å². The number of halogens is 1. The van der Waals surface area contributed by atoms with Crippen molar-refractivity contribution in [2.75, 3.05) is 6.61 Å². The van der Waals surface area contributed by atoms with Crippen molar-refractivity contribution in [3.05, 3.63) is 38.9 Å². The minimum Gasteiger partial charge on any atom is -0.466 e. The fourth-order valence-corrected chi connectivity index (χ4v) is 2.17. The Morgan fingerprint density at radius 1 is 1.44 bits per heavy atom. The minimum atomic E-state index is -0.421. The van der Waals surface area contributed by atoms with Crippen LogP contribution in [0.5, 0.6) is 0 Å². The molecule has 0 aromatic heterocycles. The molecule has 6 heteroatoms. The van der Waals surface area contributed by atoms with Crippen molar-refractivity contribution in [2.45, 2.75) is 25.6 Å². The van der Waals surface area contributed by atoms with E-state index in [1.807, 2.05) is 0 Å². The van der Waals surface area contributed by atoms with Gasteiger partial charge in [-0.15, -0.1) is 0 Å². The molecule has 0 N–H and O–H groups in total. The van der Waals surface area contributed by atoms with Gasteiger partial charge in [0.25, 0.3) is 5.69 Å². The zero-order chi connectivity index (χ0) is 13.7. The Balaban J connectivity index is 3.09. The highest BCUT2D eigenvalue weighted by molar-refractivity contribution is 9.08. The molecule has 5 nitrogen and oxygen atoms in total. The first-order chi connectivity index (χ1) is 8.49. The smallest absolute Gasteiger partial charge is 0.310 e. The van der Waals surface area contributed by atoms with Gasteiger partial charge < -0.3 is 4.74 Å². The number of esters is 1. The largest absolute Gasteiger partial charge is 0.466 e. The maximum Gasteiger partial charge on any atom is 0.310 e. The molecule has 18 heavy (non-hydrogen) atoms. The average molecular weight is 316 g/mol. The number of hydrogen-bond donors (Lipinski definition) is 0. The molecular formula is C12H14BrNO4. The number of ether oxygens (including phenoxy) is 1. The number of hydrogen-bond acceptors (Lipinski definition) is 4. The number of rotatable bonds is 5. The number of benzene rings is 1. The standard InChI is InChI=1S/C12H14BrNO4/c1-3-18-12(15)6-9-4-8(2)11(14(16)17)5-10(9)7-13/h4-5H,3,6-7H2,1-2H3. The quantitative estimate of drug-likeness (QED) is 0.362. The second-order valence-corrected chi connectivity index (χ2v) is 4.34. The van der Waals surface area contributed by atoms with Gasteiger partial charge in [0.2, 0.25) is 0 Å². The third kappa shape index (κ3) is 3.53. The van der Waals surface area contributed by atoms with Gasteiger partial charge in [-0.1, -0.05) is 15.9 Å². The van der Waals surface area contributed by atoms with Crippen molar-refractivity contribution in [3.8, 4) is 0 Å². The molecule has 0 aliphatic heterocycles.